The Morgan fingerprint density at radius 3 is 2.27 bits per heavy atom. The number of aryl methyl sites for hydroxylation is 1. The summed E-state index contributed by atoms with van der Waals surface area (Å²) in [4.78, 5) is 4.40. The molecule has 0 amide bonds. The van der Waals surface area contributed by atoms with Crippen molar-refractivity contribution in [2.75, 3.05) is 44.9 Å². The van der Waals surface area contributed by atoms with Crippen molar-refractivity contribution in [3.05, 3.63) is 23.8 Å². The third-order valence-electron chi connectivity index (χ3n) is 2.41. The van der Waals surface area contributed by atoms with Gasteiger partial charge in [-0.3, -0.25) is 0 Å². The van der Waals surface area contributed by atoms with Crippen molar-refractivity contribution < 1.29 is 0 Å². The molecule has 0 atom stereocenters. The molecule has 1 aromatic carbocycles. The highest BCUT2D eigenvalue weighted by Gasteiger charge is 2.02. The van der Waals surface area contributed by atoms with Crippen molar-refractivity contribution in [1.29, 1.82) is 0 Å². The van der Waals surface area contributed by atoms with Crippen LogP contribution in [0.15, 0.2) is 18.2 Å². The Balaban J connectivity index is 2.68. The van der Waals surface area contributed by atoms with E-state index in [1.807, 2.05) is 12.1 Å². The minimum absolute atomic E-state index is 0.835. The van der Waals surface area contributed by atoms with Crippen LogP contribution in [0, 0.1) is 6.92 Å². The highest BCUT2D eigenvalue weighted by molar-refractivity contribution is 5.57. The molecule has 15 heavy (non-hydrogen) atoms. The highest BCUT2D eigenvalue weighted by Crippen LogP contribution is 2.18. The minimum Gasteiger partial charge on any atom is -0.399 e. The maximum absolute atomic E-state index is 5.82. The number of hydrogen-bond acceptors (Lipinski definition) is 3. The third-order valence-corrected chi connectivity index (χ3v) is 2.41. The monoisotopic (exact) mass is 207 g/mol. The van der Waals surface area contributed by atoms with Crippen LogP contribution in [0.5, 0.6) is 0 Å². The first-order chi connectivity index (χ1) is 6.99. The number of nitrogens with zero attached hydrogens (tertiary/aromatic N) is 2. The standard InChI is InChI=1S/C12H21N3/c1-10-7-11(13)9-12(8-10)15(4)6-5-14(2)3/h7-9H,5-6,13H2,1-4H3. The van der Waals surface area contributed by atoms with Gasteiger partial charge >= 0.3 is 0 Å². The number of likely N-dealkylation sites (N-methyl/N-ethyl adjacent to an activating group) is 2. The zero-order chi connectivity index (χ0) is 11.4. The van der Waals surface area contributed by atoms with E-state index in [2.05, 4.69) is 43.9 Å². The van der Waals surface area contributed by atoms with Gasteiger partial charge in [0, 0.05) is 31.5 Å². The van der Waals surface area contributed by atoms with Crippen molar-refractivity contribution in [3.63, 3.8) is 0 Å². The summed E-state index contributed by atoms with van der Waals surface area (Å²) in [6.45, 7) is 4.12. The van der Waals surface area contributed by atoms with Gasteiger partial charge in [-0.25, -0.2) is 0 Å². The first kappa shape index (κ1) is 11.9. The molecule has 0 saturated heterocycles. The average molecular weight is 207 g/mol. The van der Waals surface area contributed by atoms with Gasteiger partial charge in [0.2, 0.25) is 0 Å². The van der Waals surface area contributed by atoms with Crippen LogP contribution in [-0.2, 0) is 0 Å². The molecule has 0 radical (unpaired) electrons. The summed E-state index contributed by atoms with van der Waals surface area (Å²) in [5, 5.41) is 0. The molecule has 0 fully saturated rings. The van der Waals surface area contributed by atoms with Crippen LogP contribution in [-0.4, -0.2) is 39.1 Å². The first-order valence-corrected chi connectivity index (χ1v) is 5.22. The molecule has 1 rings (SSSR count). The van der Waals surface area contributed by atoms with Gasteiger partial charge in [0.1, 0.15) is 0 Å². The van der Waals surface area contributed by atoms with Gasteiger partial charge in [-0.05, 0) is 44.8 Å². The Morgan fingerprint density at radius 2 is 1.73 bits per heavy atom. The lowest BCUT2D eigenvalue weighted by atomic mass is 10.2. The Labute approximate surface area is 92.5 Å². The summed E-state index contributed by atoms with van der Waals surface area (Å²) in [5.41, 5.74) is 9.05. The van der Waals surface area contributed by atoms with Crippen LogP contribution in [0.4, 0.5) is 11.4 Å². The molecule has 0 heterocycles. The Kier molecular flexibility index (Phi) is 3.97. The Hall–Kier alpha value is -1.22. The van der Waals surface area contributed by atoms with Gasteiger partial charge < -0.3 is 15.5 Å². The molecule has 0 aromatic heterocycles. The molecule has 0 aliphatic carbocycles. The lowest BCUT2D eigenvalue weighted by molar-refractivity contribution is 0.416. The first-order valence-electron chi connectivity index (χ1n) is 5.22. The van der Waals surface area contributed by atoms with Gasteiger partial charge in [-0.2, -0.15) is 0 Å². The van der Waals surface area contributed by atoms with E-state index in [1.54, 1.807) is 0 Å². The zero-order valence-electron chi connectivity index (χ0n) is 10.1. The molecule has 0 aliphatic rings. The maximum Gasteiger partial charge on any atom is 0.0387 e. The smallest absolute Gasteiger partial charge is 0.0387 e. The molecule has 1 aromatic rings. The van der Waals surface area contributed by atoms with Crippen molar-refractivity contribution in [2.45, 2.75) is 6.92 Å². The van der Waals surface area contributed by atoms with E-state index >= 15 is 0 Å². The second-order valence-electron chi connectivity index (χ2n) is 4.33. The molecule has 3 heteroatoms. The number of benzene rings is 1. The molecule has 3 nitrogen and oxygen atoms in total. The van der Waals surface area contributed by atoms with Crippen molar-refractivity contribution in [1.82, 2.24) is 4.90 Å². The molecule has 0 unspecified atom stereocenters. The predicted molar refractivity (Wildman–Crippen MR) is 67.4 cm³/mol. The zero-order valence-corrected chi connectivity index (χ0v) is 10.1. The predicted octanol–water partition coefficient (Wildman–Crippen LogP) is 1.58. The van der Waals surface area contributed by atoms with Crippen molar-refractivity contribution >= 4 is 11.4 Å². The summed E-state index contributed by atoms with van der Waals surface area (Å²) in [6.07, 6.45) is 0. The van der Waals surface area contributed by atoms with Crippen molar-refractivity contribution in [3.8, 4) is 0 Å². The molecular formula is C12H21N3. The Bertz CT molecular complexity index is 300. The second-order valence-corrected chi connectivity index (χ2v) is 4.33. The van der Waals surface area contributed by atoms with E-state index in [9.17, 15) is 0 Å². The van der Waals surface area contributed by atoms with E-state index in [4.69, 9.17) is 5.73 Å². The van der Waals surface area contributed by atoms with Crippen LogP contribution >= 0.6 is 0 Å². The van der Waals surface area contributed by atoms with E-state index in [0.717, 1.165) is 18.8 Å². The maximum atomic E-state index is 5.82. The quantitative estimate of drug-likeness (QED) is 0.761. The summed E-state index contributed by atoms with van der Waals surface area (Å²) in [5.74, 6) is 0. The summed E-state index contributed by atoms with van der Waals surface area (Å²) < 4.78 is 0. The van der Waals surface area contributed by atoms with Gasteiger partial charge in [0.25, 0.3) is 0 Å². The summed E-state index contributed by atoms with van der Waals surface area (Å²) in [6, 6.07) is 6.16. The second kappa shape index (κ2) is 5.03. The molecule has 2 N–H and O–H groups in total. The van der Waals surface area contributed by atoms with Crippen LogP contribution in [0.3, 0.4) is 0 Å². The molecule has 0 aliphatic heterocycles. The fourth-order valence-electron chi connectivity index (χ4n) is 1.49. The largest absolute Gasteiger partial charge is 0.399 e. The topological polar surface area (TPSA) is 32.5 Å². The number of anilines is 2. The van der Waals surface area contributed by atoms with E-state index in [-0.39, 0.29) is 0 Å². The normalized spacial score (nSPS) is 10.7. The molecule has 0 saturated carbocycles. The lowest BCUT2D eigenvalue weighted by Crippen LogP contribution is -2.28. The third kappa shape index (κ3) is 3.80. The minimum atomic E-state index is 0.835. The molecular weight excluding hydrogens is 186 g/mol. The Morgan fingerprint density at radius 1 is 1.07 bits per heavy atom. The average Bonchev–Trinajstić information content (AvgIpc) is 2.12. The fraction of sp³-hybridized carbons (Fsp3) is 0.500. The van der Waals surface area contributed by atoms with Crippen molar-refractivity contribution in [2.24, 2.45) is 0 Å². The van der Waals surface area contributed by atoms with Crippen LogP contribution < -0.4 is 10.6 Å². The summed E-state index contributed by atoms with van der Waals surface area (Å²) >= 11 is 0. The van der Waals surface area contributed by atoms with E-state index in [0.29, 0.717) is 0 Å². The van der Waals surface area contributed by atoms with Crippen LogP contribution in [0.25, 0.3) is 0 Å². The highest BCUT2D eigenvalue weighted by atomic mass is 15.2. The van der Waals surface area contributed by atoms with Gasteiger partial charge in [-0.1, -0.05) is 0 Å². The van der Waals surface area contributed by atoms with Gasteiger partial charge in [0.15, 0.2) is 0 Å². The lowest BCUT2D eigenvalue weighted by Gasteiger charge is -2.22. The SMILES string of the molecule is Cc1cc(N)cc(N(C)CCN(C)C)c1. The van der Waals surface area contributed by atoms with Crippen LogP contribution in [0.2, 0.25) is 0 Å². The van der Waals surface area contributed by atoms with E-state index in [1.165, 1.54) is 11.3 Å². The van der Waals surface area contributed by atoms with Crippen LogP contribution in [0.1, 0.15) is 5.56 Å². The molecule has 0 spiro atoms. The number of rotatable bonds is 4. The van der Waals surface area contributed by atoms with Gasteiger partial charge in [0.05, 0.1) is 0 Å². The number of nitrogen functional groups attached to an aromatic ring is 1. The molecule has 84 valence electrons. The van der Waals surface area contributed by atoms with E-state index < -0.39 is 0 Å². The fourth-order valence-corrected chi connectivity index (χ4v) is 1.49. The van der Waals surface area contributed by atoms with Gasteiger partial charge in [-0.15, -0.1) is 0 Å². The number of nitrogens with two attached hydrogens (primary N) is 1. The number of hydrogen-bond donors (Lipinski definition) is 1. The molecule has 0 bridgehead atoms. The summed E-state index contributed by atoms with van der Waals surface area (Å²) in [7, 11) is 6.26.